The number of halogens is 1. The van der Waals surface area contributed by atoms with Crippen LogP contribution < -0.4 is 10.6 Å². The summed E-state index contributed by atoms with van der Waals surface area (Å²) in [6, 6.07) is 10.6. The molecule has 0 spiro atoms. The molecule has 3 heterocycles. The Morgan fingerprint density at radius 3 is 2.97 bits per heavy atom. The number of aliphatic imine (C=N–C) groups is 3. The highest BCUT2D eigenvalue weighted by atomic mass is 32.1. The zero-order valence-corrected chi connectivity index (χ0v) is 16.7. The minimum atomic E-state index is -0.262. The molecule has 3 unspecified atom stereocenters. The second kappa shape index (κ2) is 7.13. The predicted octanol–water partition coefficient (Wildman–Crippen LogP) is 3.83. The predicted molar refractivity (Wildman–Crippen MR) is 116 cm³/mol. The molecule has 1 aromatic heterocycles. The van der Waals surface area contributed by atoms with Gasteiger partial charge in [0.25, 0.3) is 0 Å². The third-order valence-corrected chi connectivity index (χ3v) is 6.09. The summed E-state index contributed by atoms with van der Waals surface area (Å²) >= 11 is 1.64. The van der Waals surface area contributed by atoms with Gasteiger partial charge in [0.2, 0.25) is 0 Å². The van der Waals surface area contributed by atoms with Crippen molar-refractivity contribution >= 4 is 40.1 Å². The van der Waals surface area contributed by atoms with E-state index in [1.54, 1.807) is 36.1 Å². The second-order valence-corrected chi connectivity index (χ2v) is 8.33. The molecule has 146 valence electrons. The highest BCUT2D eigenvalue weighted by Crippen LogP contribution is 2.37. The number of hydrogen-bond donors (Lipinski definition) is 2. The Morgan fingerprint density at radius 2 is 2.10 bits per heavy atom. The first-order valence-corrected chi connectivity index (χ1v) is 10.2. The highest BCUT2D eigenvalue weighted by molar-refractivity contribution is 7.18. The Morgan fingerprint density at radius 1 is 1.21 bits per heavy atom. The summed E-state index contributed by atoms with van der Waals surface area (Å²) in [6.07, 6.45) is 2.98. The first kappa shape index (κ1) is 18.1. The number of benzene rings is 2. The Hall–Kier alpha value is -2.97. The number of nitrogens with one attached hydrogen (secondary N) is 2. The molecule has 0 fully saturated rings. The lowest BCUT2D eigenvalue weighted by Crippen LogP contribution is -2.50. The SMILES string of the molecule is Cc1nc2c(-c3cccc(F)c3)c(C(C)NC3N=CNC4=NC=NC43)ccc2s1. The zero-order valence-electron chi connectivity index (χ0n) is 15.9. The van der Waals surface area contributed by atoms with Crippen molar-refractivity contribution in [3.05, 3.63) is 52.8 Å². The van der Waals surface area contributed by atoms with Crippen molar-refractivity contribution in [2.24, 2.45) is 15.0 Å². The van der Waals surface area contributed by atoms with Gasteiger partial charge in [-0.15, -0.1) is 11.3 Å². The van der Waals surface area contributed by atoms with Gasteiger partial charge >= 0.3 is 0 Å². The molecule has 2 aliphatic rings. The van der Waals surface area contributed by atoms with Crippen LogP contribution in [-0.2, 0) is 0 Å². The molecule has 2 aromatic carbocycles. The fourth-order valence-electron chi connectivity index (χ4n) is 3.84. The molecule has 29 heavy (non-hydrogen) atoms. The van der Waals surface area contributed by atoms with E-state index in [0.29, 0.717) is 0 Å². The number of amidine groups is 1. The monoisotopic (exact) mass is 406 g/mol. The van der Waals surface area contributed by atoms with E-state index < -0.39 is 0 Å². The Labute approximate surface area is 171 Å². The average molecular weight is 406 g/mol. The normalized spacial score (nSPS) is 21.1. The number of nitrogens with zero attached hydrogens (tertiary/aromatic N) is 4. The van der Waals surface area contributed by atoms with E-state index in [1.807, 2.05) is 13.0 Å². The summed E-state index contributed by atoms with van der Waals surface area (Å²) in [5.74, 6) is 0.530. The number of hydrogen-bond acceptors (Lipinski definition) is 7. The molecule has 2 N–H and O–H groups in total. The van der Waals surface area contributed by atoms with E-state index in [9.17, 15) is 4.39 Å². The van der Waals surface area contributed by atoms with E-state index in [1.165, 1.54) is 6.07 Å². The minimum Gasteiger partial charge on any atom is -0.333 e. The number of aryl methyl sites for hydroxylation is 1. The fourth-order valence-corrected chi connectivity index (χ4v) is 4.68. The topological polar surface area (TPSA) is 74.0 Å². The lowest BCUT2D eigenvalue weighted by molar-refractivity contribution is 0.443. The van der Waals surface area contributed by atoms with Crippen molar-refractivity contribution in [3.63, 3.8) is 0 Å². The van der Waals surface area contributed by atoms with Gasteiger partial charge < -0.3 is 5.32 Å². The number of aromatic nitrogens is 1. The van der Waals surface area contributed by atoms with Gasteiger partial charge in [-0.1, -0.05) is 18.2 Å². The van der Waals surface area contributed by atoms with Crippen molar-refractivity contribution in [1.29, 1.82) is 0 Å². The van der Waals surface area contributed by atoms with Gasteiger partial charge in [-0.25, -0.2) is 14.4 Å². The van der Waals surface area contributed by atoms with E-state index in [0.717, 1.165) is 37.8 Å². The van der Waals surface area contributed by atoms with Crippen LogP contribution >= 0.6 is 11.3 Å². The molecular weight excluding hydrogens is 387 g/mol. The lowest BCUT2D eigenvalue weighted by Gasteiger charge is -2.28. The molecule has 2 aliphatic heterocycles. The van der Waals surface area contributed by atoms with Crippen LogP contribution in [0.2, 0.25) is 0 Å². The third-order valence-electron chi connectivity index (χ3n) is 5.15. The van der Waals surface area contributed by atoms with Crippen LogP contribution in [0.5, 0.6) is 0 Å². The van der Waals surface area contributed by atoms with Gasteiger partial charge in [0.05, 0.1) is 21.6 Å². The molecule has 3 aromatic rings. The van der Waals surface area contributed by atoms with Crippen LogP contribution in [0, 0.1) is 12.7 Å². The minimum absolute atomic E-state index is 0.0584. The van der Waals surface area contributed by atoms with Gasteiger partial charge in [-0.05, 0) is 43.2 Å². The number of thiazole rings is 1. The fraction of sp³-hybridized carbons (Fsp3) is 0.238. The number of rotatable bonds is 4. The van der Waals surface area contributed by atoms with Crippen molar-refractivity contribution < 1.29 is 4.39 Å². The molecule has 0 saturated heterocycles. The van der Waals surface area contributed by atoms with E-state index in [4.69, 9.17) is 4.98 Å². The Balaban J connectivity index is 1.58. The first-order valence-electron chi connectivity index (χ1n) is 9.40. The van der Waals surface area contributed by atoms with Crippen LogP contribution in [-0.4, -0.2) is 35.7 Å². The molecular formula is C21H19FN6S. The van der Waals surface area contributed by atoms with E-state index in [-0.39, 0.29) is 24.1 Å². The standard InChI is InChI=1S/C21H19FN6S/c1-11(27-21-19-20(24-9-23-19)25-10-26-21)15-6-7-16-18(28-12(2)29-16)17(15)13-4-3-5-14(22)8-13/h3-11,19,21,27H,1-2H3,(H,23,24,25,26). The van der Waals surface area contributed by atoms with Crippen LogP contribution in [0.4, 0.5) is 4.39 Å². The van der Waals surface area contributed by atoms with Crippen LogP contribution in [0.25, 0.3) is 21.3 Å². The molecule has 0 radical (unpaired) electrons. The zero-order chi connectivity index (χ0) is 20.0. The molecule has 6 nitrogen and oxygen atoms in total. The Kier molecular flexibility index (Phi) is 4.44. The molecule has 0 bridgehead atoms. The van der Waals surface area contributed by atoms with Gasteiger partial charge in [-0.2, -0.15) is 0 Å². The van der Waals surface area contributed by atoms with Gasteiger partial charge in [-0.3, -0.25) is 15.3 Å². The third kappa shape index (κ3) is 3.24. The van der Waals surface area contributed by atoms with Crippen LogP contribution in [0.15, 0.2) is 51.4 Å². The summed E-state index contributed by atoms with van der Waals surface area (Å²) in [5, 5.41) is 7.58. The average Bonchev–Trinajstić information content (AvgIpc) is 3.33. The summed E-state index contributed by atoms with van der Waals surface area (Å²) < 4.78 is 15.1. The van der Waals surface area contributed by atoms with Crippen molar-refractivity contribution in [1.82, 2.24) is 15.6 Å². The first-order chi connectivity index (χ1) is 14.1. The maximum absolute atomic E-state index is 14.0. The maximum Gasteiger partial charge on any atom is 0.145 e. The Bertz CT molecular complexity index is 1180. The molecule has 0 saturated carbocycles. The largest absolute Gasteiger partial charge is 0.333 e. The number of fused-ring (bicyclic) bond motifs is 2. The van der Waals surface area contributed by atoms with Gasteiger partial charge in [0.1, 0.15) is 30.2 Å². The molecule has 0 amide bonds. The molecule has 8 heteroatoms. The molecule has 3 atom stereocenters. The van der Waals surface area contributed by atoms with Crippen LogP contribution in [0.3, 0.4) is 0 Å². The smallest absolute Gasteiger partial charge is 0.145 e. The highest BCUT2D eigenvalue weighted by Gasteiger charge is 2.31. The summed E-state index contributed by atoms with van der Waals surface area (Å²) in [5.41, 5.74) is 3.72. The maximum atomic E-state index is 14.0. The molecule has 0 aliphatic carbocycles. The van der Waals surface area contributed by atoms with Gasteiger partial charge in [0, 0.05) is 11.6 Å². The summed E-state index contributed by atoms with van der Waals surface area (Å²) in [7, 11) is 0. The van der Waals surface area contributed by atoms with Crippen molar-refractivity contribution in [3.8, 4) is 11.1 Å². The lowest BCUT2D eigenvalue weighted by atomic mass is 9.94. The summed E-state index contributed by atoms with van der Waals surface area (Å²) in [4.78, 5) is 17.9. The quantitative estimate of drug-likeness (QED) is 0.692. The van der Waals surface area contributed by atoms with Crippen molar-refractivity contribution in [2.45, 2.75) is 32.1 Å². The second-order valence-electron chi connectivity index (χ2n) is 7.10. The summed E-state index contributed by atoms with van der Waals surface area (Å²) in [6.45, 7) is 4.07. The van der Waals surface area contributed by atoms with Crippen LogP contribution in [0.1, 0.15) is 23.5 Å². The van der Waals surface area contributed by atoms with E-state index in [2.05, 4.69) is 44.7 Å². The van der Waals surface area contributed by atoms with Crippen molar-refractivity contribution in [2.75, 3.05) is 0 Å². The molecule has 5 rings (SSSR count). The van der Waals surface area contributed by atoms with Gasteiger partial charge in [0.15, 0.2) is 0 Å². The van der Waals surface area contributed by atoms with E-state index >= 15 is 0 Å².